The van der Waals surface area contributed by atoms with Crippen molar-refractivity contribution in [2.75, 3.05) is 59.4 Å². The molecule has 2 fully saturated rings. The second-order valence-corrected chi connectivity index (χ2v) is 8.63. The van der Waals surface area contributed by atoms with Crippen LogP contribution in [0.4, 0.5) is 0 Å². The number of amides is 1. The standard InChI is InChI=1S/C24H40N6O.HI/c1-3-23(31)30-14-11-22(20-30)27-24(25-2)26-12-7-8-13-28-15-17-29(18-16-28)19-21-9-5-4-6-10-21;/h4-6,9-10,22H,3,7-8,11-20H2,1-2H3,(H2,25,26,27);1H. The average molecular weight is 557 g/mol. The maximum Gasteiger partial charge on any atom is 0.222 e. The number of carbonyl (C=O) groups excluding carboxylic acids is 1. The largest absolute Gasteiger partial charge is 0.356 e. The lowest BCUT2D eigenvalue weighted by molar-refractivity contribution is -0.129. The van der Waals surface area contributed by atoms with Gasteiger partial charge < -0.3 is 20.4 Å². The van der Waals surface area contributed by atoms with Crippen molar-refractivity contribution in [3.8, 4) is 0 Å². The third-order valence-electron chi connectivity index (χ3n) is 6.32. The number of likely N-dealkylation sites (tertiary alicyclic amines) is 1. The molecule has 0 spiro atoms. The van der Waals surface area contributed by atoms with Crippen LogP contribution in [0.2, 0.25) is 0 Å². The predicted octanol–water partition coefficient (Wildman–Crippen LogP) is 2.38. The molecule has 1 unspecified atom stereocenters. The minimum atomic E-state index is 0. The van der Waals surface area contributed by atoms with E-state index in [1.165, 1.54) is 18.5 Å². The number of piperazine rings is 1. The van der Waals surface area contributed by atoms with Gasteiger partial charge in [-0.1, -0.05) is 37.3 Å². The molecule has 1 atom stereocenters. The Labute approximate surface area is 211 Å². The highest BCUT2D eigenvalue weighted by Crippen LogP contribution is 2.11. The smallest absolute Gasteiger partial charge is 0.222 e. The molecule has 2 aliphatic rings. The third kappa shape index (κ3) is 8.86. The van der Waals surface area contributed by atoms with Crippen LogP contribution in [0.5, 0.6) is 0 Å². The van der Waals surface area contributed by atoms with Gasteiger partial charge in [0.15, 0.2) is 5.96 Å². The lowest BCUT2D eigenvalue weighted by Crippen LogP contribution is -2.46. The van der Waals surface area contributed by atoms with Crippen molar-refractivity contribution in [1.29, 1.82) is 0 Å². The Morgan fingerprint density at radius 2 is 1.78 bits per heavy atom. The molecule has 2 aliphatic heterocycles. The zero-order chi connectivity index (χ0) is 21.9. The summed E-state index contributed by atoms with van der Waals surface area (Å²) in [5.74, 6) is 1.10. The van der Waals surface area contributed by atoms with Gasteiger partial charge in [-0.25, -0.2) is 0 Å². The highest BCUT2D eigenvalue weighted by Gasteiger charge is 2.25. The lowest BCUT2D eigenvalue weighted by atomic mass is 10.2. The first-order valence-electron chi connectivity index (χ1n) is 11.9. The van der Waals surface area contributed by atoms with E-state index in [1.54, 1.807) is 0 Å². The molecule has 2 N–H and O–H groups in total. The average Bonchev–Trinajstić information content (AvgIpc) is 3.28. The zero-order valence-electron chi connectivity index (χ0n) is 19.8. The first-order valence-corrected chi connectivity index (χ1v) is 11.9. The van der Waals surface area contributed by atoms with E-state index >= 15 is 0 Å². The van der Waals surface area contributed by atoms with Crippen molar-refractivity contribution < 1.29 is 4.79 Å². The van der Waals surface area contributed by atoms with Gasteiger partial charge in [-0.3, -0.25) is 14.7 Å². The highest BCUT2D eigenvalue weighted by molar-refractivity contribution is 14.0. The quantitative estimate of drug-likeness (QED) is 0.212. The van der Waals surface area contributed by atoms with Crippen molar-refractivity contribution in [2.24, 2.45) is 4.99 Å². The van der Waals surface area contributed by atoms with Crippen molar-refractivity contribution in [3.05, 3.63) is 35.9 Å². The number of guanidine groups is 1. The van der Waals surface area contributed by atoms with Crippen molar-refractivity contribution >= 4 is 35.8 Å². The minimum absolute atomic E-state index is 0. The fraction of sp³-hybridized carbons (Fsp3) is 0.667. The van der Waals surface area contributed by atoms with Crippen LogP contribution in [-0.4, -0.2) is 92.0 Å². The molecule has 3 rings (SSSR count). The topological polar surface area (TPSA) is 63.2 Å². The predicted molar refractivity (Wildman–Crippen MR) is 143 cm³/mol. The van der Waals surface area contributed by atoms with E-state index in [0.717, 1.165) is 71.2 Å². The summed E-state index contributed by atoms with van der Waals surface area (Å²) >= 11 is 0. The molecule has 0 saturated carbocycles. The molecule has 180 valence electrons. The van der Waals surface area contributed by atoms with Crippen LogP contribution in [0.3, 0.4) is 0 Å². The Balaban J connectivity index is 0.00000363. The lowest BCUT2D eigenvalue weighted by Gasteiger charge is -2.34. The molecule has 1 amide bonds. The monoisotopic (exact) mass is 556 g/mol. The van der Waals surface area contributed by atoms with Crippen LogP contribution in [0, 0.1) is 0 Å². The number of rotatable bonds is 9. The summed E-state index contributed by atoms with van der Waals surface area (Å²) in [6, 6.07) is 11.1. The van der Waals surface area contributed by atoms with Crippen LogP contribution >= 0.6 is 24.0 Å². The van der Waals surface area contributed by atoms with E-state index < -0.39 is 0 Å². The van der Waals surface area contributed by atoms with Crippen LogP contribution in [0.1, 0.15) is 38.2 Å². The Bertz CT molecular complexity index is 693. The molecular weight excluding hydrogens is 515 g/mol. The first-order chi connectivity index (χ1) is 15.2. The molecule has 1 aromatic carbocycles. The Hall–Kier alpha value is -1.39. The fourth-order valence-corrected chi connectivity index (χ4v) is 4.40. The molecule has 32 heavy (non-hydrogen) atoms. The van der Waals surface area contributed by atoms with Crippen LogP contribution in [0.25, 0.3) is 0 Å². The Morgan fingerprint density at radius 3 is 2.47 bits per heavy atom. The van der Waals surface area contributed by atoms with Gasteiger partial charge in [0.2, 0.25) is 5.91 Å². The number of benzene rings is 1. The van der Waals surface area contributed by atoms with E-state index in [2.05, 4.69) is 55.8 Å². The zero-order valence-corrected chi connectivity index (χ0v) is 22.1. The number of nitrogens with zero attached hydrogens (tertiary/aromatic N) is 4. The van der Waals surface area contributed by atoms with E-state index in [-0.39, 0.29) is 29.9 Å². The molecule has 1 aromatic rings. The summed E-state index contributed by atoms with van der Waals surface area (Å²) < 4.78 is 0. The van der Waals surface area contributed by atoms with Gasteiger partial charge in [-0.05, 0) is 31.4 Å². The van der Waals surface area contributed by atoms with Crippen molar-refractivity contribution in [2.45, 2.75) is 45.2 Å². The maximum absolute atomic E-state index is 11.8. The number of carbonyl (C=O) groups is 1. The van der Waals surface area contributed by atoms with E-state index in [0.29, 0.717) is 12.5 Å². The number of aliphatic imine (C=N–C) groups is 1. The van der Waals surface area contributed by atoms with E-state index in [4.69, 9.17) is 0 Å². The molecule has 7 nitrogen and oxygen atoms in total. The third-order valence-corrected chi connectivity index (χ3v) is 6.32. The summed E-state index contributed by atoms with van der Waals surface area (Å²) in [4.78, 5) is 23.3. The Kier molecular flexibility index (Phi) is 12.3. The Morgan fingerprint density at radius 1 is 1.06 bits per heavy atom. The van der Waals surface area contributed by atoms with Crippen molar-refractivity contribution in [1.82, 2.24) is 25.3 Å². The van der Waals surface area contributed by atoms with Crippen LogP contribution in [0.15, 0.2) is 35.3 Å². The number of halogens is 1. The van der Waals surface area contributed by atoms with Gasteiger partial charge in [-0.15, -0.1) is 24.0 Å². The number of hydrogen-bond donors (Lipinski definition) is 2. The molecule has 0 aliphatic carbocycles. The molecule has 0 aromatic heterocycles. The fourth-order valence-electron chi connectivity index (χ4n) is 4.40. The summed E-state index contributed by atoms with van der Waals surface area (Å²) in [5, 5.41) is 6.90. The van der Waals surface area contributed by atoms with Gasteiger partial charge >= 0.3 is 0 Å². The summed E-state index contributed by atoms with van der Waals surface area (Å²) in [6.45, 7) is 11.4. The second-order valence-electron chi connectivity index (χ2n) is 8.63. The van der Waals surface area contributed by atoms with Crippen LogP contribution < -0.4 is 10.6 Å². The highest BCUT2D eigenvalue weighted by atomic mass is 127. The molecule has 0 bridgehead atoms. The molecule has 2 heterocycles. The maximum atomic E-state index is 11.8. The first kappa shape index (κ1) is 26.9. The van der Waals surface area contributed by atoms with Gasteiger partial charge in [0.25, 0.3) is 0 Å². The SMILES string of the molecule is CCC(=O)N1CCC(NC(=NC)NCCCCN2CCN(Cc3ccccc3)CC2)C1.I. The second kappa shape index (κ2) is 14.7. The number of unbranched alkanes of at least 4 members (excludes halogenated alkanes) is 1. The molecule has 0 radical (unpaired) electrons. The number of hydrogen-bond acceptors (Lipinski definition) is 4. The molecule has 2 saturated heterocycles. The van der Waals surface area contributed by atoms with Gasteiger partial charge in [0, 0.05) is 71.9 Å². The summed E-state index contributed by atoms with van der Waals surface area (Å²) in [7, 11) is 1.81. The van der Waals surface area contributed by atoms with Gasteiger partial charge in [-0.2, -0.15) is 0 Å². The van der Waals surface area contributed by atoms with Crippen molar-refractivity contribution in [3.63, 3.8) is 0 Å². The van der Waals surface area contributed by atoms with E-state index in [9.17, 15) is 4.79 Å². The number of nitrogens with one attached hydrogen (secondary N) is 2. The summed E-state index contributed by atoms with van der Waals surface area (Å²) in [6.07, 6.45) is 3.91. The minimum Gasteiger partial charge on any atom is -0.356 e. The summed E-state index contributed by atoms with van der Waals surface area (Å²) in [5.41, 5.74) is 1.41. The van der Waals surface area contributed by atoms with Gasteiger partial charge in [0.1, 0.15) is 0 Å². The normalized spacial score (nSPS) is 20.1. The van der Waals surface area contributed by atoms with Gasteiger partial charge in [0.05, 0.1) is 0 Å². The molecular formula is C24H41IN6O. The molecule has 8 heteroatoms. The van der Waals surface area contributed by atoms with Crippen LogP contribution in [-0.2, 0) is 11.3 Å². The van der Waals surface area contributed by atoms with E-state index in [1.807, 2.05) is 18.9 Å².